The second-order valence-corrected chi connectivity index (χ2v) is 5.18. The zero-order valence-electron chi connectivity index (χ0n) is 13.2. The molecule has 3 aromatic rings. The van der Waals surface area contributed by atoms with Crippen LogP contribution in [0.2, 0.25) is 0 Å². The molecule has 1 aromatic carbocycles. The maximum atomic E-state index is 13.0. The van der Waals surface area contributed by atoms with Crippen LogP contribution < -0.4 is 5.56 Å². The highest BCUT2D eigenvalue weighted by Crippen LogP contribution is 2.26. The average Bonchev–Trinajstić information content (AvgIpc) is 2.61. The topological polar surface area (TPSA) is 34.4 Å². The van der Waals surface area contributed by atoms with E-state index in [1.54, 1.807) is 10.6 Å². The van der Waals surface area contributed by atoms with Crippen molar-refractivity contribution in [3.05, 3.63) is 88.9 Å². The Hall–Kier alpha value is -2.94. The molecule has 0 saturated carbocycles. The molecule has 0 N–H and O–H groups in total. The molecular formula is C20H18N2O. The lowest BCUT2D eigenvalue weighted by Crippen LogP contribution is -2.20. The lowest BCUT2D eigenvalue weighted by Gasteiger charge is -2.12. The normalized spacial score (nSPS) is 12.2. The second kappa shape index (κ2) is 6.44. The molecule has 0 fully saturated rings. The number of nitrogens with zero attached hydrogens (tertiary/aromatic N) is 2. The molecule has 0 aliphatic carbocycles. The Morgan fingerprint density at radius 2 is 1.78 bits per heavy atom. The fourth-order valence-corrected chi connectivity index (χ4v) is 2.66. The first kappa shape index (κ1) is 15.0. The van der Waals surface area contributed by atoms with Crippen LogP contribution in [0.4, 0.5) is 0 Å². The molecular weight excluding hydrogens is 284 g/mol. The number of rotatable bonds is 3. The van der Waals surface area contributed by atoms with Crippen LogP contribution in [0.5, 0.6) is 0 Å². The third kappa shape index (κ3) is 2.73. The van der Waals surface area contributed by atoms with Gasteiger partial charge in [0.25, 0.3) is 5.56 Å². The molecule has 0 bridgehead atoms. The van der Waals surface area contributed by atoms with Crippen LogP contribution in [-0.4, -0.2) is 9.38 Å². The van der Waals surface area contributed by atoms with Crippen molar-refractivity contribution in [1.29, 1.82) is 0 Å². The van der Waals surface area contributed by atoms with Crippen molar-refractivity contribution in [3.63, 3.8) is 0 Å². The molecule has 3 nitrogen and oxygen atoms in total. The van der Waals surface area contributed by atoms with E-state index < -0.39 is 0 Å². The maximum Gasteiger partial charge on any atom is 0.266 e. The summed E-state index contributed by atoms with van der Waals surface area (Å²) >= 11 is 0. The van der Waals surface area contributed by atoms with E-state index in [9.17, 15) is 4.79 Å². The predicted octanol–water partition coefficient (Wildman–Crippen LogP) is 4.34. The van der Waals surface area contributed by atoms with Gasteiger partial charge in [-0.25, -0.2) is 4.98 Å². The molecule has 0 unspecified atom stereocenters. The Bertz CT molecular complexity index is 950. The number of allylic oxidation sites excluding steroid dienone is 4. The highest BCUT2D eigenvalue weighted by molar-refractivity contribution is 5.83. The van der Waals surface area contributed by atoms with Gasteiger partial charge in [-0.15, -0.1) is 0 Å². The van der Waals surface area contributed by atoms with Gasteiger partial charge < -0.3 is 0 Å². The summed E-state index contributed by atoms with van der Waals surface area (Å²) in [4.78, 5) is 17.8. The van der Waals surface area contributed by atoms with Crippen LogP contribution in [0.1, 0.15) is 19.4 Å². The molecule has 0 aliphatic rings. The van der Waals surface area contributed by atoms with Gasteiger partial charge in [-0.05, 0) is 31.6 Å². The fraction of sp³-hybridized carbons (Fsp3) is 0.100. The molecule has 0 spiro atoms. The van der Waals surface area contributed by atoms with Gasteiger partial charge in [0.1, 0.15) is 5.65 Å². The summed E-state index contributed by atoms with van der Waals surface area (Å²) in [7, 11) is 0. The zero-order chi connectivity index (χ0) is 16.2. The average molecular weight is 302 g/mol. The number of pyridine rings is 1. The fourth-order valence-electron chi connectivity index (χ4n) is 2.66. The summed E-state index contributed by atoms with van der Waals surface area (Å²) in [5.41, 5.74) is 3.75. The van der Waals surface area contributed by atoms with Gasteiger partial charge in [-0.1, -0.05) is 54.6 Å². The highest BCUT2D eigenvalue weighted by atomic mass is 16.1. The van der Waals surface area contributed by atoms with E-state index in [-0.39, 0.29) is 5.56 Å². The number of hydrogen-bond acceptors (Lipinski definition) is 2. The van der Waals surface area contributed by atoms with Gasteiger partial charge in [-0.3, -0.25) is 9.20 Å². The molecule has 0 saturated heterocycles. The standard InChI is InChI=1S/C20H18N2O/c1-3-10-15(4-2)18-19(16-11-6-5-7-12-16)21-17-13-8-9-14-22(17)20(18)23/h3-14H,1-2H3/b10-3-,15-4+. The summed E-state index contributed by atoms with van der Waals surface area (Å²) in [5.74, 6) is 0. The second-order valence-electron chi connectivity index (χ2n) is 5.18. The van der Waals surface area contributed by atoms with Gasteiger partial charge in [0.2, 0.25) is 0 Å². The first-order valence-corrected chi connectivity index (χ1v) is 7.62. The lowest BCUT2D eigenvalue weighted by atomic mass is 9.99. The van der Waals surface area contributed by atoms with Crippen molar-refractivity contribution >= 4 is 11.2 Å². The summed E-state index contributed by atoms with van der Waals surface area (Å²) in [5, 5.41) is 0. The molecule has 0 atom stereocenters. The first-order valence-electron chi connectivity index (χ1n) is 7.62. The van der Waals surface area contributed by atoms with Crippen LogP contribution in [0.25, 0.3) is 22.5 Å². The van der Waals surface area contributed by atoms with Crippen LogP contribution in [0.15, 0.2) is 77.8 Å². The molecule has 3 heteroatoms. The zero-order valence-corrected chi connectivity index (χ0v) is 13.2. The quantitative estimate of drug-likeness (QED) is 0.674. The molecule has 3 rings (SSSR count). The Morgan fingerprint density at radius 3 is 2.48 bits per heavy atom. The summed E-state index contributed by atoms with van der Waals surface area (Å²) in [6, 6.07) is 15.4. The molecule has 2 heterocycles. The maximum absolute atomic E-state index is 13.0. The summed E-state index contributed by atoms with van der Waals surface area (Å²) in [6.45, 7) is 3.88. The molecule has 23 heavy (non-hydrogen) atoms. The predicted molar refractivity (Wildman–Crippen MR) is 95.4 cm³/mol. The van der Waals surface area contributed by atoms with E-state index in [2.05, 4.69) is 0 Å². The van der Waals surface area contributed by atoms with Crippen LogP contribution >= 0.6 is 0 Å². The van der Waals surface area contributed by atoms with E-state index >= 15 is 0 Å². The summed E-state index contributed by atoms with van der Waals surface area (Å²) < 4.78 is 1.59. The van der Waals surface area contributed by atoms with E-state index in [1.165, 1.54) is 0 Å². The Labute approximate surface area is 135 Å². The van der Waals surface area contributed by atoms with Gasteiger partial charge in [0.05, 0.1) is 11.3 Å². The largest absolute Gasteiger partial charge is 0.268 e. The minimum absolute atomic E-state index is 0.0550. The first-order chi connectivity index (χ1) is 11.3. The summed E-state index contributed by atoms with van der Waals surface area (Å²) in [6.07, 6.45) is 7.58. The SMILES string of the molecule is C/C=C\C(=C/C)c1c(-c2ccccc2)nc2ccccn2c1=O. The van der Waals surface area contributed by atoms with Crippen molar-refractivity contribution < 1.29 is 0 Å². The Morgan fingerprint density at radius 1 is 1.04 bits per heavy atom. The van der Waals surface area contributed by atoms with Crippen molar-refractivity contribution in [2.45, 2.75) is 13.8 Å². The molecule has 0 amide bonds. The van der Waals surface area contributed by atoms with Crippen molar-refractivity contribution in [1.82, 2.24) is 9.38 Å². The van der Waals surface area contributed by atoms with E-state index in [0.717, 1.165) is 11.1 Å². The molecule has 0 radical (unpaired) electrons. The van der Waals surface area contributed by atoms with Gasteiger partial charge in [0.15, 0.2) is 0 Å². The van der Waals surface area contributed by atoms with Gasteiger partial charge >= 0.3 is 0 Å². The van der Waals surface area contributed by atoms with Crippen molar-refractivity contribution in [3.8, 4) is 11.3 Å². The van der Waals surface area contributed by atoms with Crippen LogP contribution in [-0.2, 0) is 0 Å². The Balaban J connectivity index is 2.44. The third-order valence-electron chi connectivity index (χ3n) is 3.73. The van der Waals surface area contributed by atoms with Crippen LogP contribution in [0.3, 0.4) is 0 Å². The molecule has 114 valence electrons. The number of hydrogen-bond donors (Lipinski definition) is 0. The monoisotopic (exact) mass is 302 g/mol. The van der Waals surface area contributed by atoms with Gasteiger partial charge in [0, 0.05) is 11.8 Å². The molecule has 0 aliphatic heterocycles. The number of benzene rings is 1. The minimum atomic E-state index is -0.0550. The molecule has 2 aromatic heterocycles. The van der Waals surface area contributed by atoms with Gasteiger partial charge in [-0.2, -0.15) is 0 Å². The smallest absolute Gasteiger partial charge is 0.266 e. The number of aromatic nitrogens is 2. The van der Waals surface area contributed by atoms with Crippen molar-refractivity contribution in [2.75, 3.05) is 0 Å². The van der Waals surface area contributed by atoms with E-state index in [1.807, 2.05) is 80.6 Å². The number of fused-ring (bicyclic) bond motifs is 1. The lowest BCUT2D eigenvalue weighted by molar-refractivity contribution is 1.04. The highest BCUT2D eigenvalue weighted by Gasteiger charge is 2.16. The van der Waals surface area contributed by atoms with E-state index in [4.69, 9.17) is 4.98 Å². The third-order valence-corrected chi connectivity index (χ3v) is 3.73. The van der Waals surface area contributed by atoms with E-state index in [0.29, 0.717) is 16.9 Å². The Kier molecular flexibility index (Phi) is 4.20. The minimum Gasteiger partial charge on any atom is -0.268 e. The van der Waals surface area contributed by atoms with Crippen LogP contribution in [0, 0.1) is 0 Å². The van der Waals surface area contributed by atoms with Crippen molar-refractivity contribution in [2.24, 2.45) is 0 Å².